The van der Waals surface area contributed by atoms with Crippen LogP contribution >= 0.6 is 36.4 Å². The Hall–Kier alpha value is -0.720. The maximum atomic E-state index is 10.1. The Morgan fingerprint density at radius 3 is 2.70 bits per heavy atom. The molecule has 0 amide bonds. The first kappa shape index (κ1) is 22.6. The number of fused-ring (bicyclic) bond motifs is 1. The molecule has 2 N–H and O–H groups in total. The van der Waals surface area contributed by atoms with Gasteiger partial charge in [-0.05, 0) is 57.2 Å². The highest BCUT2D eigenvalue weighted by Crippen LogP contribution is 2.32. The van der Waals surface area contributed by atoms with E-state index in [0.29, 0.717) is 0 Å². The van der Waals surface area contributed by atoms with E-state index in [-0.39, 0.29) is 37.0 Å². The zero-order valence-corrected chi connectivity index (χ0v) is 17.8. The lowest BCUT2D eigenvalue weighted by molar-refractivity contribution is 0.0909. The minimum absolute atomic E-state index is 0. The van der Waals surface area contributed by atoms with E-state index in [4.69, 9.17) is 11.6 Å². The number of benzene rings is 1. The van der Waals surface area contributed by atoms with E-state index in [9.17, 15) is 5.11 Å². The fraction of sp³-hybridized carbons (Fsp3) is 0.632. The van der Waals surface area contributed by atoms with Gasteiger partial charge in [0.15, 0.2) is 0 Å². The Bertz CT molecular complexity index is 733. The number of hydrogen-bond donors (Lipinski definition) is 2. The van der Waals surface area contributed by atoms with Crippen LogP contribution in [0, 0.1) is 0 Å². The van der Waals surface area contributed by atoms with Crippen molar-refractivity contribution in [2.45, 2.75) is 57.2 Å². The van der Waals surface area contributed by atoms with Crippen molar-refractivity contribution in [1.82, 2.24) is 14.9 Å². The van der Waals surface area contributed by atoms with Gasteiger partial charge in [0.05, 0.1) is 29.2 Å². The number of hydrogen-bond acceptors (Lipinski definition) is 4. The highest BCUT2D eigenvalue weighted by Gasteiger charge is 2.22. The van der Waals surface area contributed by atoms with Gasteiger partial charge in [-0.3, -0.25) is 0 Å². The molecule has 5 nitrogen and oxygen atoms in total. The third kappa shape index (κ3) is 5.01. The molecule has 3 heterocycles. The van der Waals surface area contributed by atoms with E-state index in [1.165, 1.54) is 24.0 Å². The van der Waals surface area contributed by atoms with Crippen molar-refractivity contribution in [3.8, 4) is 0 Å². The number of anilines is 1. The smallest absolute Gasteiger partial charge is 0.0958 e. The van der Waals surface area contributed by atoms with E-state index in [1.54, 1.807) is 0 Å². The van der Waals surface area contributed by atoms with Crippen molar-refractivity contribution in [3.05, 3.63) is 23.5 Å². The van der Waals surface area contributed by atoms with E-state index >= 15 is 0 Å². The second-order valence-corrected chi connectivity index (χ2v) is 7.77. The molecule has 2 aliphatic heterocycles. The maximum Gasteiger partial charge on any atom is 0.0958 e. The molecule has 152 valence electrons. The average Bonchev–Trinajstić information content (AvgIpc) is 3.26. The van der Waals surface area contributed by atoms with Crippen LogP contribution in [0.4, 0.5) is 5.69 Å². The molecule has 0 radical (unpaired) electrons. The fourth-order valence-corrected chi connectivity index (χ4v) is 4.44. The number of aryl methyl sites for hydroxylation is 1. The number of rotatable bonds is 5. The van der Waals surface area contributed by atoms with Gasteiger partial charge in [0.2, 0.25) is 0 Å². The molecule has 0 bridgehead atoms. The first-order valence-corrected chi connectivity index (χ1v) is 9.91. The molecule has 2 aliphatic rings. The van der Waals surface area contributed by atoms with Crippen LogP contribution in [0.3, 0.4) is 0 Å². The lowest BCUT2D eigenvalue weighted by Crippen LogP contribution is -2.44. The predicted octanol–water partition coefficient (Wildman–Crippen LogP) is 4.03. The molecule has 2 aromatic rings. The number of nitrogens with one attached hydrogen (secondary N) is 1. The van der Waals surface area contributed by atoms with Gasteiger partial charge >= 0.3 is 0 Å². The van der Waals surface area contributed by atoms with Crippen LogP contribution < -0.4 is 10.2 Å². The van der Waals surface area contributed by atoms with E-state index < -0.39 is 0 Å². The van der Waals surface area contributed by atoms with Crippen LogP contribution in [-0.4, -0.2) is 46.4 Å². The Balaban J connectivity index is 0.00000131. The van der Waals surface area contributed by atoms with Crippen molar-refractivity contribution in [1.29, 1.82) is 0 Å². The molecule has 0 spiro atoms. The highest BCUT2D eigenvalue weighted by atomic mass is 35.5. The third-order valence-corrected chi connectivity index (χ3v) is 5.78. The Morgan fingerprint density at radius 1 is 1.19 bits per heavy atom. The minimum Gasteiger partial charge on any atom is -0.392 e. The van der Waals surface area contributed by atoms with E-state index in [1.807, 2.05) is 12.4 Å². The van der Waals surface area contributed by atoms with E-state index in [0.717, 1.165) is 62.4 Å². The van der Waals surface area contributed by atoms with Crippen LogP contribution in [0.1, 0.15) is 38.5 Å². The fourth-order valence-electron chi connectivity index (χ4n) is 4.23. The molecule has 0 aliphatic carbocycles. The summed E-state index contributed by atoms with van der Waals surface area (Å²) in [5, 5.41) is 14.3. The van der Waals surface area contributed by atoms with Crippen LogP contribution in [-0.2, 0) is 6.54 Å². The lowest BCUT2D eigenvalue weighted by atomic mass is 9.97. The van der Waals surface area contributed by atoms with Crippen LogP contribution in [0.25, 0.3) is 11.0 Å². The average molecular weight is 436 g/mol. The van der Waals surface area contributed by atoms with Crippen LogP contribution in [0.5, 0.6) is 0 Å². The summed E-state index contributed by atoms with van der Waals surface area (Å²) in [6, 6.07) is 4.27. The molecule has 1 aromatic heterocycles. The number of aliphatic hydroxyl groups excluding tert-OH is 1. The molecule has 27 heavy (non-hydrogen) atoms. The zero-order chi connectivity index (χ0) is 17.2. The summed E-state index contributed by atoms with van der Waals surface area (Å²) < 4.78 is 2.26. The molecule has 0 unspecified atom stereocenters. The monoisotopic (exact) mass is 434 g/mol. The summed E-state index contributed by atoms with van der Waals surface area (Å²) >= 11 is 6.32. The van der Waals surface area contributed by atoms with Gasteiger partial charge in [-0.15, -0.1) is 24.8 Å². The number of imidazole rings is 1. The van der Waals surface area contributed by atoms with Crippen molar-refractivity contribution in [3.63, 3.8) is 0 Å². The number of aromatic nitrogens is 2. The zero-order valence-electron chi connectivity index (χ0n) is 15.4. The van der Waals surface area contributed by atoms with Gasteiger partial charge in [0.1, 0.15) is 0 Å². The topological polar surface area (TPSA) is 53.3 Å². The predicted molar refractivity (Wildman–Crippen MR) is 117 cm³/mol. The molecule has 8 heteroatoms. The molecule has 4 rings (SSSR count). The Labute approximate surface area is 178 Å². The van der Waals surface area contributed by atoms with Gasteiger partial charge < -0.3 is 19.9 Å². The second-order valence-electron chi connectivity index (χ2n) is 7.34. The lowest BCUT2D eigenvalue weighted by Gasteiger charge is -2.29. The number of halogens is 3. The van der Waals surface area contributed by atoms with Gasteiger partial charge in [-0.2, -0.15) is 0 Å². The quantitative estimate of drug-likeness (QED) is 0.744. The molecule has 2 atom stereocenters. The van der Waals surface area contributed by atoms with Crippen molar-refractivity contribution >= 4 is 53.1 Å². The molecular weight excluding hydrogens is 407 g/mol. The van der Waals surface area contributed by atoms with Crippen LogP contribution in [0.2, 0.25) is 5.02 Å². The van der Waals surface area contributed by atoms with E-state index in [2.05, 4.69) is 25.8 Å². The summed E-state index contributed by atoms with van der Waals surface area (Å²) in [5.41, 5.74) is 3.39. The van der Waals surface area contributed by atoms with Gasteiger partial charge in [0, 0.05) is 30.7 Å². The summed E-state index contributed by atoms with van der Waals surface area (Å²) in [4.78, 5) is 7.01. The van der Waals surface area contributed by atoms with Gasteiger partial charge in [-0.25, -0.2) is 4.98 Å². The molecule has 2 fully saturated rings. The first-order valence-electron chi connectivity index (χ1n) is 9.53. The molecule has 0 saturated carbocycles. The third-order valence-electron chi connectivity index (χ3n) is 5.57. The van der Waals surface area contributed by atoms with Gasteiger partial charge in [0.25, 0.3) is 0 Å². The SMILES string of the molecule is Cl.Cl.O[C@H]1CCCN[C@@H]1CCCn1cnc2cc(Cl)cc(N3CCCC3)c21. The van der Waals surface area contributed by atoms with Crippen molar-refractivity contribution in [2.24, 2.45) is 0 Å². The summed E-state index contributed by atoms with van der Waals surface area (Å²) in [6.45, 7) is 4.13. The summed E-state index contributed by atoms with van der Waals surface area (Å²) in [7, 11) is 0. The summed E-state index contributed by atoms with van der Waals surface area (Å²) in [5.74, 6) is 0. The highest BCUT2D eigenvalue weighted by molar-refractivity contribution is 6.31. The summed E-state index contributed by atoms with van der Waals surface area (Å²) in [6.07, 6.45) is 8.24. The first-order chi connectivity index (χ1) is 12.2. The number of piperidine rings is 1. The second kappa shape index (κ2) is 10.2. The number of aliphatic hydroxyl groups is 1. The van der Waals surface area contributed by atoms with Gasteiger partial charge in [-0.1, -0.05) is 11.6 Å². The Morgan fingerprint density at radius 2 is 1.96 bits per heavy atom. The maximum absolute atomic E-state index is 10.1. The molecule has 2 saturated heterocycles. The Kier molecular flexibility index (Phi) is 8.50. The standard InChI is InChI=1S/C19H27ClN4O.2ClH/c20-14-11-16-19(17(12-14)23-8-1-2-9-23)24(13-22-16)10-4-5-15-18(25)6-3-7-21-15;;/h11-13,15,18,21,25H,1-10H2;2*1H/t15-,18+;;/m1../s1. The van der Waals surface area contributed by atoms with Crippen LogP contribution in [0.15, 0.2) is 18.5 Å². The largest absolute Gasteiger partial charge is 0.392 e. The number of nitrogens with zero attached hydrogens (tertiary/aromatic N) is 3. The van der Waals surface area contributed by atoms with Crippen molar-refractivity contribution < 1.29 is 5.11 Å². The molecule has 1 aromatic carbocycles. The normalized spacial score (nSPS) is 22.5. The van der Waals surface area contributed by atoms with Crippen molar-refractivity contribution in [2.75, 3.05) is 24.5 Å². The minimum atomic E-state index is -0.202. The molecular formula is C19H29Cl3N4O.